The zero-order valence-electron chi connectivity index (χ0n) is 13.7. The van der Waals surface area contributed by atoms with E-state index < -0.39 is 34.2 Å². The molecular formula is C15H8N2Na2O6. The fourth-order valence-corrected chi connectivity index (χ4v) is 2.51. The zero-order chi connectivity index (χ0) is 16.9. The number of aromatic nitrogens is 2. The Morgan fingerprint density at radius 2 is 1.16 bits per heavy atom. The van der Waals surface area contributed by atoms with E-state index in [9.17, 15) is 29.4 Å². The Balaban J connectivity index is 0.00000156. The molecule has 3 rings (SSSR count). The normalized spacial score (nSPS) is 10.1. The Morgan fingerprint density at radius 3 is 1.48 bits per heavy atom. The van der Waals surface area contributed by atoms with Crippen LogP contribution < -0.4 is 80.2 Å². The summed E-state index contributed by atoms with van der Waals surface area (Å²) in [6, 6.07) is 3.02. The summed E-state index contributed by atoms with van der Waals surface area (Å²) in [5, 5.41) is 22.1. The summed E-state index contributed by atoms with van der Waals surface area (Å²) in [5.41, 5.74) is -1.33. The number of hydrogen-bond donors (Lipinski definition) is 2. The van der Waals surface area contributed by atoms with E-state index in [4.69, 9.17) is 0 Å². The van der Waals surface area contributed by atoms with Gasteiger partial charge in [-0.3, -0.25) is 9.59 Å². The maximum absolute atomic E-state index is 12.1. The monoisotopic (exact) mass is 358 g/mol. The van der Waals surface area contributed by atoms with Crippen LogP contribution >= 0.6 is 0 Å². The smallest absolute Gasteiger partial charge is 0.543 e. The molecule has 10 heteroatoms. The van der Waals surface area contributed by atoms with Gasteiger partial charge in [-0.25, -0.2) is 0 Å². The number of carbonyl (C=O) groups excluding carboxylic acids is 2. The van der Waals surface area contributed by atoms with E-state index in [0.29, 0.717) is 5.56 Å². The topological polar surface area (TPSA) is 146 Å². The molecule has 1 aromatic carbocycles. The van der Waals surface area contributed by atoms with Gasteiger partial charge in [0.2, 0.25) is 0 Å². The quantitative estimate of drug-likeness (QED) is 0.344. The third-order valence-electron chi connectivity index (χ3n) is 3.62. The third-order valence-corrected chi connectivity index (χ3v) is 3.62. The van der Waals surface area contributed by atoms with E-state index in [1.807, 2.05) is 0 Å². The number of H-pyrrole nitrogens is 2. The Morgan fingerprint density at radius 1 is 0.800 bits per heavy atom. The summed E-state index contributed by atoms with van der Waals surface area (Å²) in [6.45, 7) is 1.52. The molecule has 8 nitrogen and oxygen atoms in total. The van der Waals surface area contributed by atoms with Crippen LogP contribution in [0.25, 0.3) is 21.8 Å². The van der Waals surface area contributed by atoms with Crippen molar-refractivity contribution in [2.24, 2.45) is 0 Å². The van der Waals surface area contributed by atoms with Crippen LogP contribution in [0.4, 0.5) is 0 Å². The average Bonchev–Trinajstić information content (AvgIpc) is 2.48. The van der Waals surface area contributed by atoms with E-state index in [-0.39, 0.29) is 80.9 Å². The van der Waals surface area contributed by atoms with E-state index in [1.165, 1.54) is 13.0 Å². The Kier molecular flexibility index (Phi) is 6.80. The van der Waals surface area contributed by atoms with Gasteiger partial charge in [0, 0.05) is 22.9 Å². The number of hydrogen-bond acceptors (Lipinski definition) is 6. The molecule has 0 radical (unpaired) electrons. The number of carbonyl (C=O) groups is 2. The molecule has 25 heavy (non-hydrogen) atoms. The van der Waals surface area contributed by atoms with Crippen LogP contribution in [0.3, 0.4) is 0 Å². The molecule has 3 aromatic rings. The van der Waals surface area contributed by atoms with Crippen molar-refractivity contribution in [2.45, 2.75) is 6.92 Å². The van der Waals surface area contributed by atoms with Crippen molar-refractivity contribution in [3.63, 3.8) is 0 Å². The SMILES string of the molecule is Cc1c2[nH]c(C(=O)[O-])cc(=O)c2cc2c(=O)cc(C(=O)[O-])[nH]c12.[Na+].[Na+]. The fraction of sp³-hybridized carbons (Fsp3) is 0.0667. The first-order valence-electron chi connectivity index (χ1n) is 6.46. The van der Waals surface area contributed by atoms with Crippen molar-refractivity contribution in [3.05, 3.63) is 55.6 Å². The molecule has 2 aromatic heterocycles. The Labute approximate surface area is 183 Å². The molecule has 0 saturated carbocycles. The van der Waals surface area contributed by atoms with Gasteiger partial charge in [0.1, 0.15) is 0 Å². The average molecular weight is 358 g/mol. The van der Waals surface area contributed by atoms with Crippen molar-refractivity contribution in [1.29, 1.82) is 0 Å². The molecule has 0 fully saturated rings. The number of aromatic carboxylic acids is 2. The van der Waals surface area contributed by atoms with Crippen molar-refractivity contribution in [1.82, 2.24) is 9.97 Å². The van der Waals surface area contributed by atoms with Gasteiger partial charge in [-0.05, 0) is 18.6 Å². The predicted molar refractivity (Wildman–Crippen MR) is 76.1 cm³/mol. The molecule has 0 aliphatic heterocycles. The van der Waals surface area contributed by atoms with Gasteiger partial charge in [0.15, 0.2) is 10.9 Å². The van der Waals surface area contributed by atoms with Crippen LogP contribution in [0.15, 0.2) is 27.8 Å². The molecule has 0 aliphatic carbocycles. The first kappa shape index (κ1) is 21.6. The van der Waals surface area contributed by atoms with Crippen molar-refractivity contribution >= 4 is 33.7 Å². The molecular weight excluding hydrogens is 350 g/mol. The Hall–Kier alpha value is -1.42. The summed E-state index contributed by atoms with van der Waals surface area (Å²) in [4.78, 5) is 51.1. The molecule has 0 unspecified atom stereocenters. The second kappa shape index (κ2) is 7.86. The van der Waals surface area contributed by atoms with Crippen LogP contribution in [-0.4, -0.2) is 21.9 Å². The van der Waals surface area contributed by atoms with Gasteiger partial charge in [-0.1, -0.05) is 0 Å². The van der Waals surface area contributed by atoms with E-state index in [2.05, 4.69) is 9.97 Å². The predicted octanol–water partition coefficient (Wildman–Crippen LogP) is -7.59. The standard InChI is InChI=1S/C15H10N2O6.2Na/c1-5-12-6(10(18)3-8(16-12)14(20)21)2-7-11(19)4-9(15(22)23)17-13(5)7;;/h2-4H,1H3,(H,16,18)(H,17,19)(H,20,21)(H,22,23);;/q;2*+1/p-2. The van der Waals surface area contributed by atoms with Gasteiger partial charge in [0.25, 0.3) is 0 Å². The molecule has 116 valence electrons. The number of carboxylic acid groups (broad SMARTS) is 2. The maximum Gasteiger partial charge on any atom is 1.00 e. The maximum atomic E-state index is 12.1. The number of pyridine rings is 2. The molecule has 0 saturated heterocycles. The first-order valence-corrected chi connectivity index (χ1v) is 6.46. The van der Waals surface area contributed by atoms with Gasteiger partial charge in [0.05, 0.1) is 34.4 Å². The molecule has 0 amide bonds. The first-order chi connectivity index (χ1) is 10.8. The van der Waals surface area contributed by atoms with Gasteiger partial charge in [-0.2, -0.15) is 0 Å². The van der Waals surface area contributed by atoms with Gasteiger partial charge in [-0.15, -0.1) is 0 Å². The third kappa shape index (κ3) is 3.74. The van der Waals surface area contributed by atoms with Crippen LogP contribution in [0.5, 0.6) is 0 Å². The van der Waals surface area contributed by atoms with Gasteiger partial charge >= 0.3 is 59.1 Å². The summed E-state index contributed by atoms with van der Waals surface area (Å²) in [5.74, 6) is -3.11. The molecule has 2 N–H and O–H groups in total. The van der Waals surface area contributed by atoms with Crippen LogP contribution in [0.2, 0.25) is 0 Å². The molecule has 0 spiro atoms. The summed E-state index contributed by atoms with van der Waals surface area (Å²) < 4.78 is 0. The Bertz CT molecular complexity index is 1050. The second-order valence-electron chi connectivity index (χ2n) is 5.02. The molecule has 2 heterocycles. The fourth-order valence-electron chi connectivity index (χ4n) is 2.51. The van der Waals surface area contributed by atoms with E-state index in [1.54, 1.807) is 0 Å². The molecule has 0 atom stereocenters. The van der Waals surface area contributed by atoms with E-state index >= 15 is 0 Å². The number of aryl methyl sites for hydroxylation is 1. The largest absolute Gasteiger partial charge is 1.00 e. The number of aromatic amines is 2. The second-order valence-corrected chi connectivity index (χ2v) is 5.02. The minimum Gasteiger partial charge on any atom is -0.543 e. The van der Waals surface area contributed by atoms with Gasteiger partial charge < -0.3 is 29.8 Å². The minimum absolute atomic E-state index is 0. The van der Waals surface area contributed by atoms with E-state index in [0.717, 1.165) is 12.1 Å². The van der Waals surface area contributed by atoms with Crippen molar-refractivity contribution in [3.8, 4) is 0 Å². The minimum atomic E-state index is -1.56. The molecule has 0 aliphatic rings. The summed E-state index contributed by atoms with van der Waals surface area (Å²) in [6.07, 6.45) is 0. The number of benzene rings is 1. The molecule has 0 bridgehead atoms. The van der Waals surface area contributed by atoms with Crippen molar-refractivity contribution < 1.29 is 78.9 Å². The van der Waals surface area contributed by atoms with Crippen LogP contribution in [0, 0.1) is 6.92 Å². The number of rotatable bonds is 2. The zero-order valence-corrected chi connectivity index (χ0v) is 17.7. The number of nitrogens with one attached hydrogen (secondary N) is 2. The number of carboxylic acids is 2. The van der Waals surface area contributed by atoms with Crippen LogP contribution in [-0.2, 0) is 0 Å². The van der Waals surface area contributed by atoms with Crippen molar-refractivity contribution in [2.75, 3.05) is 0 Å². The summed E-state index contributed by atoms with van der Waals surface area (Å²) >= 11 is 0. The summed E-state index contributed by atoms with van der Waals surface area (Å²) in [7, 11) is 0. The number of fused-ring (bicyclic) bond motifs is 2. The van der Waals surface area contributed by atoms with Crippen LogP contribution in [0.1, 0.15) is 26.5 Å².